The minimum absolute atomic E-state index is 0.377. The summed E-state index contributed by atoms with van der Waals surface area (Å²) in [7, 11) is 3.14. The van der Waals surface area contributed by atoms with Crippen LogP contribution in [0.4, 0.5) is 13.2 Å². The van der Waals surface area contributed by atoms with Gasteiger partial charge in [-0.1, -0.05) is 12.1 Å². The topological polar surface area (TPSA) is 49.8 Å². The zero-order valence-corrected chi connectivity index (χ0v) is 9.73. The lowest BCUT2D eigenvalue weighted by Gasteiger charge is -2.20. The number of rotatable bonds is 4. The monoisotopic (exact) mass is 263 g/mol. The van der Waals surface area contributed by atoms with Crippen molar-refractivity contribution < 1.29 is 27.8 Å². The van der Waals surface area contributed by atoms with E-state index in [1.54, 1.807) is 14.1 Å². The molecule has 0 fully saturated rings. The number of carboxylic acids is 1. The largest absolute Gasteiger partial charge is 0.573 e. The number of hydrogen-bond donors (Lipinski definition) is 1. The second-order valence-electron chi connectivity index (χ2n) is 3.82. The van der Waals surface area contributed by atoms with Crippen molar-refractivity contribution in [2.75, 3.05) is 14.1 Å². The Hall–Kier alpha value is -1.76. The van der Waals surface area contributed by atoms with Crippen LogP contribution in [0.5, 0.6) is 5.75 Å². The SMILES string of the molecule is CN(C)[C@@H](C(=O)O)c1ccc(OC(F)(F)F)cc1. The zero-order valence-electron chi connectivity index (χ0n) is 9.73. The van der Waals surface area contributed by atoms with Gasteiger partial charge in [-0.3, -0.25) is 9.69 Å². The minimum atomic E-state index is -4.75. The number of likely N-dealkylation sites (N-methyl/N-ethyl adjacent to an activating group) is 1. The summed E-state index contributed by atoms with van der Waals surface area (Å²) in [4.78, 5) is 12.4. The van der Waals surface area contributed by atoms with Gasteiger partial charge in [0.25, 0.3) is 0 Å². The molecule has 0 amide bonds. The summed E-state index contributed by atoms with van der Waals surface area (Å²) >= 11 is 0. The van der Waals surface area contributed by atoms with E-state index < -0.39 is 18.4 Å². The van der Waals surface area contributed by atoms with Crippen LogP contribution in [0.15, 0.2) is 24.3 Å². The van der Waals surface area contributed by atoms with Gasteiger partial charge in [-0.05, 0) is 31.8 Å². The van der Waals surface area contributed by atoms with E-state index in [0.29, 0.717) is 5.56 Å². The van der Waals surface area contributed by atoms with Gasteiger partial charge in [0.1, 0.15) is 11.8 Å². The summed E-state index contributed by atoms with van der Waals surface area (Å²) in [6.07, 6.45) is -4.75. The fraction of sp³-hybridized carbons (Fsp3) is 0.364. The predicted octanol–water partition coefficient (Wildman–Crippen LogP) is 2.27. The van der Waals surface area contributed by atoms with Crippen molar-refractivity contribution in [2.45, 2.75) is 12.4 Å². The van der Waals surface area contributed by atoms with Gasteiger partial charge in [0.2, 0.25) is 0 Å². The van der Waals surface area contributed by atoms with Gasteiger partial charge in [0.05, 0.1) is 0 Å². The molecule has 0 saturated heterocycles. The molecule has 0 heterocycles. The van der Waals surface area contributed by atoms with Gasteiger partial charge >= 0.3 is 12.3 Å². The molecular weight excluding hydrogens is 251 g/mol. The van der Waals surface area contributed by atoms with E-state index >= 15 is 0 Å². The molecule has 1 atom stereocenters. The van der Waals surface area contributed by atoms with Crippen molar-refractivity contribution in [2.24, 2.45) is 0 Å². The minimum Gasteiger partial charge on any atom is -0.480 e. The van der Waals surface area contributed by atoms with Crippen molar-refractivity contribution in [3.63, 3.8) is 0 Å². The second-order valence-corrected chi connectivity index (χ2v) is 3.82. The molecule has 0 bridgehead atoms. The zero-order chi connectivity index (χ0) is 13.9. The number of alkyl halides is 3. The summed E-state index contributed by atoms with van der Waals surface area (Å²) in [5.74, 6) is -1.46. The molecule has 1 N–H and O–H groups in total. The van der Waals surface area contributed by atoms with E-state index in [1.807, 2.05) is 0 Å². The molecule has 1 aromatic carbocycles. The maximum absolute atomic E-state index is 11.9. The average molecular weight is 263 g/mol. The van der Waals surface area contributed by atoms with Crippen LogP contribution < -0.4 is 4.74 Å². The normalized spacial score (nSPS) is 13.4. The number of carboxylic acid groups (broad SMARTS) is 1. The van der Waals surface area contributed by atoms with Crippen LogP contribution in [0, 0.1) is 0 Å². The molecule has 0 aliphatic rings. The number of ether oxygens (including phenoxy) is 1. The summed E-state index contributed by atoms with van der Waals surface area (Å²) < 4.78 is 39.5. The van der Waals surface area contributed by atoms with E-state index in [2.05, 4.69) is 4.74 Å². The van der Waals surface area contributed by atoms with Crippen LogP contribution in [0.1, 0.15) is 11.6 Å². The van der Waals surface area contributed by atoms with Gasteiger partial charge in [0, 0.05) is 0 Å². The number of benzene rings is 1. The molecule has 1 rings (SSSR count). The Kier molecular flexibility index (Phi) is 4.18. The third-order valence-corrected chi connectivity index (χ3v) is 2.18. The molecule has 4 nitrogen and oxygen atoms in total. The Bertz CT molecular complexity index is 415. The molecule has 18 heavy (non-hydrogen) atoms. The highest BCUT2D eigenvalue weighted by molar-refractivity contribution is 5.75. The Labute approximate surface area is 102 Å². The third kappa shape index (κ3) is 3.92. The lowest BCUT2D eigenvalue weighted by atomic mass is 10.1. The molecule has 0 unspecified atom stereocenters. The first-order valence-electron chi connectivity index (χ1n) is 4.95. The summed E-state index contributed by atoms with van der Waals surface area (Å²) in [6.45, 7) is 0. The Morgan fingerprint density at radius 2 is 1.78 bits per heavy atom. The van der Waals surface area contributed by atoms with Gasteiger partial charge in [-0.2, -0.15) is 0 Å². The first-order chi connectivity index (χ1) is 8.20. The van der Waals surface area contributed by atoms with E-state index in [-0.39, 0.29) is 5.75 Å². The maximum Gasteiger partial charge on any atom is 0.573 e. The fourth-order valence-electron chi connectivity index (χ4n) is 1.51. The number of nitrogens with zero attached hydrogens (tertiary/aromatic N) is 1. The average Bonchev–Trinajstić information content (AvgIpc) is 2.17. The van der Waals surface area contributed by atoms with Crippen LogP contribution in [-0.2, 0) is 4.79 Å². The highest BCUT2D eigenvalue weighted by Crippen LogP contribution is 2.25. The molecule has 0 aromatic heterocycles. The molecule has 100 valence electrons. The highest BCUT2D eigenvalue weighted by Gasteiger charge is 2.31. The van der Waals surface area contributed by atoms with Crippen molar-refractivity contribution >= 4 is 5.97 Å². The first kappa shape index (κ1) is 14.3. The molecular formula is C11H12F3NO3. The second kappa shape index (κ2) is 5.26. The third-order valence-electron chi connectivity index (χ3n) is 2.18. The standard InChI is InChI=1S/C11H12F3NO3/c1-15(2)9(10(16)17)7-3-5-8(6-4-7)18-11(12,13)14/h3-6,9H,1-2H3,(H,16,17)/t9-/m1/s1. The number of hydrogen-bond acceptors (Lipinski definition) is 3. The van der Waals surface area contributed by atoms with Crippen LogP contribution in [-0.4, -0.2) is 36.4 Å². The van der Waals surface area contributed by atoms with Gasteiger partial charge in [-0.25, -0.2) is 0 Å². The predicted molar refractivity (Wildman–Crippen MR) is 57.2 cm³/mol. The Balaban J connectivity index is 2.91. The molecule has 1 aromatic rings. The quantitative estimate of drug-likeness (QED) is 0.905. The smallest absolute Gasteiger partial charge is 0.480 e. The van der Waals surface area contributed by atoms with E-state index in [9.17, 15) is 18.0 Å². The molecule has 0 radical (unpaired) electrons. The summed E-state index contributed by atoms with van der Waals surface area (Å²) in [5.41, 5.74) is 0.377. The summed E-state index contributed by atoms with van der Waals surface area (Å²) in [5, 5.41) is 9.00. The van der Waals surface area contributed by atoms with Crippen molar-refractivity contribution in [3.8, 4) is 5.75 Å². The van der Waals surface area contributed by atoms with Crippen LogP contribution in [0.25, 0.3) is 0 Å². The number of carbonyl (C=O) groups is 1. The van der Waals surface area contributed by atoms with E-state index in [0.717, 1.165) is 12.1 Å². The van der Waals surface area contributed by atoms with Crippen molar-refractivity contribution in [1.82, 2.24) is 4.90 Å². The summed E-state index contributed by atoms with van der Waals surface area (Å²) in [6, 6.07) is 3.84. The van der Waals surface area contributed by atoms with Gasteiger partial charge in [0.15, 0.2) is 0 Å². The highest BCUT2D eigenvalue weighted by atomic mass is 19.4. The number of aliphatic carboxylic acids is 1. The molecule has 0 spiro atoms. The van der Waals surface area contributed by atoms with Gasteiger partial charge < -0.3 is 9.84 Å². The van der Waals surface area contributed by atoms with Crippen molar-refractivity contribution in [1.29, 1.82) is 0 Å². The maximum atomic E-state index is 11.9. The van der Waals surface area contributed by atoms with Gasteiger partial charge in [-0.15, -0.1) is 13.2 Å². The Morgan fingerprint density at radius 3 is 2.11 bits per heavy atom. The van der Waals surface area contributed by atoms with E-state index in [1.165, 1.54) is 17.0 Å². The van der Waals surface area contributed by atoms with Crippen LogP contribution >= 0.6 is 0 Å². The number of halogens is 3. The first-order valence-corrected chi connectivity index (χ1v) is 4.95. The molecule has 0 aliphatic heterocycles. The fourth-order valence-corrected chi connectivity index (χ4v) is 1.51. The van der Waals surface area contributed by atoms with E-state index in [4.69, 9.17) is 5.11 Å². The van der Waals surface area contributed by atoms with Crippen LogP contribution in [0.2, 0.25) is 0 Å². The Morgan fingerprint density at radius 1 is 1.28 bits per heavy atom. The van der Waals surface area contributed by atoms with Crippen LogP contribution in [0.3, 0.4) is 0 Å². The molecule has 7 heteroatoms. The molecule has 0 saturated carbocycles. The van der Waals surface area contributed by atoms with Crippen molar-refractivity contribution in [3.05, 3.63) is 29.8 Å². The lowest BCUT2D eigenvalue weighted by Crippen LogP contribution is -2.27. The lowest BCUT2D eigenvalue weighted by molar-refractivity contribution is -0.274. The molecule has 0 aliphatic carbocycles.